The first-order valence-electron chi connectivity index (χ1n) is 5.72. The Kier molecular flexibility index (Phi) is 5.17. The van der Waals surface area contributed by atoms with E-state index in [4.69, 9.17) is 9.84 Å². The molecule has 1 rings (SSSR count). The summed E-state index contributed by atoms with van der Waals surface area (Å²) in [5, 5.41) is 11.3. The topological polar surface area (TPSA) is 75.6 Å². The minimum Gasteiger partial charge on any atom is -0.497 e. The maximum absolute atomic E-state index is 11.6. The van der Waals surface area contributed by atoms with E-state index in [1.165, 1.54) is 0 Å². The molecule has 0 bridgehead atoms. The number of carboxylic acid groups (broad SMARTS) is 1. The van der Waals surface area contributed by atoms with Crippen LogP contribution in [0.4, 0.5) is 0 Å². The molecule has 0 aliphatic rings. The molecule has 0 radical (unpaired) electrons. The van der Waals surface area contributed by atoms with Crippen molar-refractivity contribution in [3.63, 3.8) is 0 Å². The molecule has 0 heterocycles. The zero-order valence-electron chi connectivity index (χ0n) is 10.5. The highest BCUT2D eigenvalue weighted by Gasteiger charge is 2.17. The molecule has 0 aromatic heterocycles. The maximum Gasteiger partial charge on any atom is 0.326 e. The van der Waals surface area contributed by atoms with Gasteiger partial charge in [-0.1, -0.05) is 19.1 Å². The average Bonchev–Trinajstić information content (AvgIpc) is 2.36. The van der Waals surface area contributed by atoms with Gasteiger partial charge in [-0.2, -0.15) is 0 Å². The number of hydrogen-bond acceptors (Lipinski definition) is 3. The number of benzene rings is 1. The Hall–Kier alpha value is -2.04. The van der Waals surface area contributed by atoms with E-state index in [-0.39, 0.29) is 12.3 Å². The van der Waals surface area contributed by atoms with Crippen LogP contribution in [0, 0.1) is 0 Å². The lowest BCUT2D eigenvalue weighted by Gasteiger charge is -2.12. The number of ether oxygens (including phenoxy) is 1. The predicted molar refractivity (Wildman–Crippen MR) is 66.6 cm³/mol. The van der Waals surface area contributed by atoms with Crippen molar-refractivity contribution in [2.75, 3.05) is 7.11 Å². The van der Waals surface area contributed by atoms with Crippen molar-refractivity contribution in [3.8, 4) is 5.75 Å². The number of carbonyl (C=O) groups excluding carboxylic acids is 1. The van der Waals surface area contributed by atoms with Crippen LogP contribution >= 0.6 is 0 Å². The molecule has 0 aliphatic heterocycles. The Morgan fingerprint density at radius 2 is 1.94 bits per heavy atom. The predicted octanol–water partition coefficient (Wildman–Crippen LogP) is 1.22. The standard InChI is InChI=1S/C13H17NO4/c1-3-11(13(16)17)14-12(15)8-9-4-6-10(18-2)7-5-9/h4-7,11H,3,8H2,1-2H3,(H,14,15)(H,16,17)/t11-/m1/s1. The number of hydrogen-bond donors (Lipinski definition) is 2. The van der Waals surface area contributed by atoms with E-state index < -0.39 is 12.0 Å². The highest BCUT2D eigenvalue weighted by Crippen LogP contribution is 2.11. The van der Waals surface area contributed by atoms with Crippen LogP contribution in [-0.2, 0) is 16.0 Å². The van der Waals surface area contributed by atoms with Crippen molar-refractivity contribution in [3.05, 3.63) is 29.8 Å². The molecular weight excluding hydrogens is 234 g/mol. The van der Waals surface area contributed by atoms with Crippen LogP contribution < -0.4 is 10.1 Å². The molecule has 5 nitrogen and oxygen atoms in total. The molecule has 0 spiro atoms. The normalized spacial score (nSPS) is 11.7. The van der Waals surface area contributed by atoms with Gasteiger partial charge in [-0.25, -0.2) is 4.79 Å². The smallest absolute Gasteiger partial charge is 0.326 e. The van der Waals surface area contributed by atoms with Gasteiger partial charge >= 0.3 is 5.97 Å². The summed E-state index contributed by atoms with van der Waals surface area (Å²) >= 11 is 0. The fourth-order valence-electron chi connectivity index (χ4n) is 1.51. The minimum absolute atomic E-state index is 0.160. The molecule has 5 heteroatoms. The molecule has 0 fully saturated rings. The average molecular weight is 251 g/mol. The van der Waals surface area contributed by atoms with Crippen molar-refractivity contribution in [1.29, 1.82) is 0 Å². The van der Waals surface area contributed by atoms with E-state index in [1.54, 1.807) is 38.3 Å². The van der Waals surface area contributed by atoms with Gasteiger partial charge in [0, 0.05) is 0 Å². The maximum atomic E-state index is 11.6. The summed E-state index contributed by atoms with van der Waals surface area (Å²) in [6.07, 6.45) is 0.525. The molecule has 1 atom stereocenters. The lowest BCUT2D eigenvalue weighted by atomic mass is 10.1. The molecular formula is C13H17NO4. The van der Waals surface area contributed by atoms with Crippen LogP contribution in [0.25, 0.3) is 0 Å². The van der Waals surface area contributed by atoms with E-state index >= 15 is 0 Å². The van der Waals surface area contributed by atoms with Crippen LogP contribution in [0.1, 0.15) is 18.9 Å². The van der Waals surface area contributed by atoms with Crippen molar-refractivity contribution in [2.24, 2.45) is 0 Å². The third-order valence-electron chi connectivity index (χ3n) is 2.57. The first-order valence-corrected chi connectivity index (χ1v) is 5.72. The molecule has 0 unspecified atom stereocenters. The third-order valence-corrected chi connectivity index (χ3v) is 2.57. The van der Waals surface area contributed by atoms with Crippen LogP contribution in [-0.4, -0.2) is 30.1 Å². The summed E-state index contributed by atoms with van der Waals surface area (Å²) in [7, 11) is 1.57. The fourth-order valence-corrected chi connectivity index (χ4v) is 1.51. The number of carbonyl (C=O) groups is 2. The molecule has 0 saturated carbocycles. The van der Waals surface area contributed by atoms with Gasteiger partial charge in [0.25, 0.3) is 0 Å². The van der Waals surface area contributed by atoms with Crippen LogP contribution in [0.15, 0.2) is 24.3 Å². The van der Waals surface area contributed by atoms with Gasteiger partial charge in [-0.15, -0.1) is 0 Å². The Bertz CT molecular complexity index is 414. The van der Waals surface area contributed by atoms with E-state index in [2.05, 4.69) is 5.32 Å². The fraction of sp³-hybridized carbons (Fsp3) is 0.385. The van der Waals surface area contributed by atoms with Gasteiger partial charge in [0.05, 0.1) is 13.5 Å². The Balaban J connectivity index is 2.55. The molecule has 98 valence electrons. The summed E-state index contributed by atoms with van der Waals surface area (Å²) in [6, 6.07) is 6.25. The second-order valence-electron chi connectivity index (χ2n) is 3.89. The van der Waals surface area contributed by atoms with Crippen molar-refractivity contribution in [2.45, 2.75) is 25.8 Å². The van der Waals surface area contributed by atoms with Gasteiger partial charge in [-0.3, -0.25) is 4.79 Å². The third kappa shape index (κ3) is 4.08. The number of methoxy groups -OCH3 is 1. The Labute approximate surface area is 106 Å². The SMILES string of the molecule is CC[C@@H](NC(=O)Cc1ccc(OC)cc1)C(=O)O. The minimum atomic E-state index is -1.01. The number of aliphatic carboxylic acids is 1. The van der Waals surface area contributed by atoms with Crippen molar-refractivity contribution < 1.29 is 19.4 Å². The number of nitrogens with one attached hydrogen (secondary N) is 1. The van der Waals surface area contributed by atoms with E-state index in [0.29, 0.717) is 6.42 Å². The van der Waals surface area contributed by atoms with E-state index in [9.17, 15) is 9.59 Å². The number of amides is 1. The van der Waals surface area contributed by atoms with Crippen LogP contribution in [0.2, 0.25) is 0 Å². The first kappa shape index (κ1) is 14.0. The number of carboxylic acids is 1. The lowest BCUT2D eigenvalue weighted by molar-refractivity contribution is -0.141. The molecule has 1 amide bonds. The van der Waals surface area contributed by atoms with Crippen LogP contribution in [0.3, 0.4) is 0 Å². The summed E-state index contributed by atoms with van der Waals surface area (Å²) < 4.78 is 5.01. The van der Waals surface area contributed by atoms with Crippen molar-refractivity contribution in [1.82, 2.24) is 5.32 Å². The van der Waals surface area contributed by atoms with Gasteiger partial charge in [0.15, 0.2) is 0 Å². The quantitative estimate of drug-likeness (QED) is 0.797. The van der Waals surface area contributed by atoms with Gasteiger partial charge in [-0.05, 0) is 24.1 Å². The number of rotatable bonds is 6. The summed E-state index contributed by atoms with van der Waals surface area (Å²) in [4.78, 5) is 22.4. The Morgan fingerprint density at radius 3 is 2.39 bits per heavy atom. The van der Waals surface area contributed by atoms with Gasteiger partial charge in [0.1, 0.15) is 11.8 Å². The molecule has 18 heavy (non-hydrogen) atoms. The monoisotopic (exact) mass is 251 g/mol. The summed E-state index contributed by atoms with van der Waals surface area (Å²) in [5.74, 6) is -0.592. The van der Waals surface area contributed by atoms with Crippen LogP contribution in [0.5, 0.6) is 5.75 Å². The molecule has 1 aromatic carbocycles. The summed E-state index contributed by atoms with van der Waals surface area (Å²) in [5.41, 5.74) is 0.813. The zero-order valence-corrected chi connectivity index (χ0v) is 10.5. The van der Waals surface area contributed by atoms with Gasteiger partial charge < -0.3 is 15.2 Å². The summed E-state index contributed by atoms with van der Waals surface area (Å²) in [6.45, 7) is 1.71. The van der Waals surface area contributed by atoms with Crippen molar-refractivity contribution >= 4 is 11.9 Å². The molecule has 1 aromatic rings. The first-order chi connectivity index (χ1) is 8.56. The lowest BCUT2D eigenvalue weighted by Crippen LogP contribution is -2.40. The second kappa shape index (κ2) is 6.64. The highest BCUT2D eigenvalue weighted by molar-refractivity contribution is 5.84. The molecule has 2 N–H and O–H groups in total. The molecule has 0 saturated heterocycles. The Morgan fingerprint density at radius 1 is 1.33 bits per heavy atom. The second-order valence-corrected chi connectivity index (χ2v) is 3.89. The van der Waals surface area contributed by atoms with E-state index in [0.717, 1.165) is 11.3 Å². The van der Waals surface area contributed by atoms with Gasteiger partial charge in [0.2, 0.25) is 5.91 Å². The zero-order chi connectivity index (χ0) is 13.5. The molecule has 0 aliphatic carbocycles. The highest BCUT2D eigenvalue weighted by atomic mass is 16.5. The van der Waals surface area contributed by atoms with E-state index in [1.807, 2.05) is 0 Å². The largest absolute Gasteiger partial charge is 0.497 e.